The third kappa shape index (κ3) is 4.01. The van der Waals surface area contributed by atoms with E-state index in [2.05, 4.69) is 60.7 Å². The fourth-order valence-corrected chi connectivity index (χ4v) is 3.63. The van der Waals surface area contributed by atoms with Crippen LogP contribution < -0.4 is 10.2 Å². The average molecular weight is 343 g/mol. The molecule has 0 spiro atoms. The second-order valence-corrected chi connectivity index (χ2v) is 7.21. The zero-order valence-corrected chi connectivity index (χ0v) is 15.6. The Morgan fingerprint density at radius 1 is 1.29 bits per heavy atom. The highest BCUT2D eigenvalue weighted by Gasteiger charge is 2.22. The summed E-state index contributed by atoms with van der Waals surface area (Å²) < 4.78 is 0. The molecule has 1 atom stereocenters. The van der Waals surface area contributed by atoms with Crippen molar-refractivity contribution >= 4 is 29.2 Å². The van der Waals surface area contributed by atoms with E-state index in [0.29, 0.717) is 12.0 Å². The number of anilines is 3. The molecule has 5 heteroatoms. The van der Waals surface area contributed by atoms with Gasteiger partial charge in [-0.3, -0.25) is 0 Å². The average Bonchev–Trinajstić information content (AvgIpc) is 3.01. The molecule has 1 aromatic heterocycles. The molecule has 2 heterocycles. The molecule has 4 nitrogen and oxygen atoms in total. The van der Waals surface area contributed by atoms with E-state index in [9.17, 15) is 0 Å². The first-order chi connectivity index (χ1) is 11.7. The van der Waals surface area contributed by atoms with E-state index in [-0.39, 0.29) is 0 Å². The van der Waals surface area contributed by atoms with E-state index in [1.54, 1.807) is 11.8 Å². The third-order valence-corrected chi connectivity index (χ3v) is 5.17. The van der Waals surface area contributed by atoms with Gasteiger partial charge in [-0.25, -0.2) is 4.98 Å². The van der Waals surface area contributed by atoms with Gasteiger partial charge >= 0.3 is 0 Å². The summed E-state index contributed by atoms with van der Waals surface area (Å²) in [6.07, 6.45) is 6.65. The van der Waals surface area contributed by atoms with Gasteiger partial charge in [0.15, 0.2) is 0 Å². The summed E-state index contributed by atoms with van der Waals surface area (Å²) in [7, 11) is 0. The zero-order chi connectivity index (χ0) is 16.9. The van der Waals surface area contributed by atoms with Gasteiger partial charge in [0.05, 0.1) is 0 Å². The number of hydrogen-bond donors (Lipinski definition) is 1. The molecule has 0 aliphatic carbocycles. The lowest BCUT2D eigenvalue weighted by Gasteiger charge is -2.23. The molecular weight excluding hydrogens is 316 g/mol. The second kappa shape index (κ2) is 7.88. The van der Waals surface area contributed by atoms with Gasteiger partial charge in [0.1, 0.15) is 5.82 Å². The summed E-state index contributed by atoms with van der Waals surface area (Å²) in [5, 5.41) is 3.39. The predicted molar refractivity (Wildman–Crippen MR) is 104 cm³/mol. The monoisotopic (exact) mass is 342 g/mol. The molecule has 0 unspecified atom stereocenters. The van der Waals surface area contributed by atoms with Gasteiger partial charge < -0.3 is 10.2 Å². The molecule has 1 aliphatic heterocycles. The van der Waals surface area contributed by atoms with E-state index in [1.165, 1.54) is 17.7 Å². The van der Waals surface area contributed by atoms with Crippen molar-refractivity contribution in [2.45, 2.75) is 50.5 Å². The lowest BCUT2D eigenvalue weighted by Crippen LogP contribution is -2.27. The third-order valence-electron chi connectivity index (χ3n) is 4.44. The van der Waals surface area contributed by atoms with E-state index < -0.39 is 0 Å². The van der Waals surface area contributed by atoms with Crippen molar-refractivity contribution in [3.05, 3.63) is 36.0 Å². The number of benzene rings is 1. The van der Waals surface area contributed by atoms with E-state index >= 15 is 0 Å². The maximum Gasteiger partial charge on any atom is 0.229 e. The van der Waals surface area contributed by atoms with Gasteiger partial charge in [0, 0.05) is 34.9 Å². The van der Waals surface area contributed by atoms with Crippen molar-refractivity contribution < 1.29 is 0 Å². The van der Waals surface area contributed by atoms with Crippen LogP contribution in [0.1, 0.15) is 38.8 Å². The Balaban J connectivity index is 1.89. The molecule has 1 saturated heterocycles. The summed E-state index contributed by atoms with van der Waals surface area (Å²) in [5.41, 5.74) is 2.15. The molecule has 3 rings (SSSR count). The Morgan fingerprint density at radius 3 is 2.88 bits per heavy atom. The summed E-state index contributed by atoms with van der Waals surface area (Å²) >= 11 is 1.74. The van der Waals surface area contributed by atoms with E-state index in [0.717, 1.165) is 36.6 Å². The lowest BCUT2D eigenvalue weighted by molar-refractivity contribution is 0.724. The van der Waals surface area contributed by atoms with Crippen LogP contribution in [0.5, 0.6) is 0 Å². The highest BCUT2D eigenvalue weighted by molar-refractivity contribution is 7.98. The Kier molecular flexibility index (Phi) is 5.61. The van der Waals surface area contributed by atoms with Crippen molar-refractivity contribution in [2.24, 2.45) is 0 Å². The molecule has 0 saturated carbocycles. The molecule has 2 aromatic rings. The number of aryl methyl sites for hydroxylation is 1. The molecule has 0 amide bonds. The maximum atomic E-state index is 4.80. The molecule has 128 valence electrons. The first-order valence-corrected chi connectivity index (χ1v) is 9.97. The normalized spacial score (nSPS) is 17.3. The highest BCUT2D eigenvalue weighted by atomic mass is 32.2. The number of rotatable bonds is 6. The van der Waals surface area contributed by atoms with Crippen LogP contribution in [0.2, 0.25) is 0 Å². The number of nitrogens with one attached hydrogen (secondary N) is 1. The number of thioether (sulfide) groups is 1. The molecular formula is C19H26N4S. The minimum atomic E-state index is 0.557. The van der Waals surface area contributed by atoms with Gasteiger partial charge in [-0.05, 0) is 50.6 Å². The molecule has 0 bridgehead atoms. The molecule has 24 heavy (non-hydrogen) atoms. The van der Waals surface area contributed by atoms with Crippen molar-refractivity contribution in [3.63, 3.8) is 0 Å². The van der Waals surface area contributed by atoms with Crippen molar-refractivity contribution in [1.29, 1.82) is 0 Å². The Bertz CT molecular complexity index is 689. The number of aromatic nitrogens is 2. The van der Waals surface area contributed by atoms with Gasteiger partial charge in [-0.2, -0.15) is 4.98 Å². The fraction of sp³-hybridized carbons (Fsp3) is 0.474. The second-order valence-electron chi connectivity index (χ2n) is 6.33. The summed E-state index contributed by atoms with van der Waals surface area (Å²) in [4.78, 5) is 13.2. The van der Waals surface area contributed by atoms with Gasteiger partial charge in [0.2, 0.25) is 5.95 Å². The highest BCUT2D eigenvalue weighted by Crippen LogP contribution is 2.27. The SMILES string of the molecule is CCCc1cc(N2CCC[C@H]2C)nc(Nc2cccc(SC)c2)n1. The molecule has 0 radical (unpaired) electrons. The first-order valence-electron chi connectivity index (χ1n) is 8.75. The minimum Gasteiger partial charge on any atom is -0.354 e. The first kappa shape index (κ1) is 17.1. The minimum absolute atomic E-state index is 0.557. The van der Waals surface area contributed by atoms with Crippen LogP contribution in [0.4, 0.5) is 17.5 Å². The van der Waals surface area contributed by atoms with Crippen LogP contribution in [-0.4, -0.2) is 28.8 Å². The number of hydrogen-bond acceptors (Lipinski definition) is 5. The Morgan fingerprint density at radius 2 is 2.17 bits per heavy atom. The van der Waals surface area contributed by atoms with Crippen molar-refractivity contribution in [1.82, 2.24) is 9.97 Å². The Hall–Kier alpha value is -1.75. The predicted octanol–water partition coefficient (Wildman–Crippen LogP) is 4.88. The van der Waals surface area contributed by atoms with E-state index in [4.69, 9.17) is 9.97 Å². The standard InChI is InChI=1S/C19H26N4S/c1-4-7-15-13-18(23-11-6-8-14(23)2)22-19(20-15)21-16-9-5-10-17(12-16)24-3/h5,9-10,12-14H,4,6-8,11H2,1-3H3,(H,20,21,22)/t14-/m1/s1. The molecule has 1 aliphatic rings. The van der Waals surface area contributed by atoms with Gasteiger partial charge in [0.25, 0.3) is 0 Å². The van der Waals surface area contributed by atoms with Crippen LogP contribution in [0.25, 0.3) is 0 Å². The van der Waals surface area contributed by atoms with Crippen LogP contribution >= 0.6 is 11.8 Å². The summed E-state index contributed by atoms with van der Waals surface area (Å²) in [6, 6.07) is 11.1. The van der Waals surface area contributed by atoms with Crippen molar-refractivity contribution in [2.75, 3.05) is 23.0 Å². The van der Waals surface area contributed by atoms with Gasteiger partial charge in [-0.1, -0.05) is 19.4 Å². The molecule has 1 N–H and O–H groups in total. The van der Waals surface area contributed by atoms with Crippen LogP contribution in [0.15, 0.2) is 35.2 Å². The molecule has 1 aromatic carbocycles. The van der Waals surface area contributed by atoms with Gasteiger partial charge in [-0.15, -0.1) is 11.8 Å². The topological polar surface area (TPSA) is 41.1 Å². The summed E-state index contributed by atoms with van der Waals surface area (Å²) in [6.45, 7) is 5.56. The largest absolute Gasteiger partial charge is 0.354 e. The number of nitrogens with zero attached hydrogens (tertiary/aromatic N) is 3. The lowest BCUT2D eigenvalue weighted by atomic mass is 10.2. The summed E-state index contributed by atoms with van der Waals surface area (Å²) in [5.74, 6) is 1.76. The van der Waals surface area contributed by atoms with Crippen LogP contribution in [0, 0.1) is 0 Å². The maximum absolute atomic E-state index is 4.80. The Labute approximate surface area is 149 Å². The zero-order valence-electron chi connectivity index (χ0n) is 14.7. The van der Waals surface area contributed by atoms with Crippen LogP contribution in [0.3, 0.4) is 0 Å². The fourth-order valence-electron chi connectivity index (χ4n) is 3.17. The smallest absolute Gasteiger partial charge is 0.229 e. The van der Waals surface area contributed by atoms with E-state index in [1.807, 2.05) is 0 Å². The van der Waals surface area contributed by atoms with Crippen LogP contribution in [-0.2, 0) is 6.42 Å². The van der Waals surface area contributed by atoms with Crippen molar-refractivity contribution in [3.8, 4) is 0 Å². The molecule has 1 fully saturated rings. The quantitative estimate of drug-likeness (QED) is 0.758.